The highest BCUT2D eigenvalue weighted by atomic mass is 16.3. The standard InChI is InChI=1S/C55H37NO2/c1-55(2)48-21-7-5-16-43(48)46-20-10-19-41(53(46)55)35-24-27-37(28-25-35)56(39-29-31-45-44-17-6-8-22-49(44)57-51(45)33-39)38-14-9-13-36(32-38)40-18-11-23-50-52(40)47-30-26-34-12-3-4-15-42(34)54(47)58-50/h3-33H,1-2H3. The molecule has 1 aliphatic carbocycles. The predicted octanol–water partition coefficient (Wildman–Crippen LogP) is 15.7. The van der Waals surface area contributed by atoms with Gasteiger partial charge in [0.05, 0.1) is 0 Å². The molecule has 274 valence electrons. The van der Waals surface area contributed by atoms with Crippen LogP contribution in [0.2, 0.25) is 0 Å². The third-order valence-electron chi connectivity index (χ3n) is 12.4. The molecule has 3 heteroatoms. The van der Waals surface area contributed by atoms with Crippen LogP contribution in [0.15, 0.2) is 197 Å². The van der Waals surface area contributed by atoms with Crippen LogP contribution < -0.4 is 4.90 Å². The Morgan fingerprint density at radius 3 is 1.97 bits per heavy atom. The van der Waals surface area contributed by atoms with Crippen molar-refractivity contribution in [3.05, 3.63) is 199 Å². The molecule has 0 saturated carbocycles. The molecule has 0 aliphatic heterocycles. The van der Waals surface area contributed by atoms with Gasteiger partial charge in [-0.2, -0.15) is 0 Å². The molecule has 9 aromatic carbocycles. The molecular weight excluding hydrogens is 707 g/mol. The fourth-order valence-corrected chi connectivity index (χ4v) is 9.79. The van der Waals surface area contributed by atoms with E-state index in [1.807, 2.05) is 12.1 Å². The molecule has 0 radical (unpaired) electrons. The highest BCUT2D eigenvalue weighted by Gasteiger charge is 2.37. The number of rotatable bonds is 5. The summed E-state index contributed by atoms with van der Waals surface area (Å²) in [4.78, 5) is 2.34. The maximum atomic E-state index is 6.60. The first kappa shape index (κ1) is 32.8. The molecule has 0 amide bonds. The van der Waals surface area contributed by atoms with Crippen LogP contribution in [0.4, 0.5) is 17.1 Å². The fourth-order valence-electron chi connectivity index (χ4n) is 9.79. The highest BCUT2D eigenvalue weighted by molar-refractivity contribution is 6.19. The number of fused-ring (bicyclic) bond motifs is 11. The van der Waals surface area contributed by atoms with Crippen LogP contribution in [0.1, 0.15) is 25.0 Å². The summed E-state index contributed by atoms with van der Waals surface area (Å²) < 4.78 is 13.0. The van der Waals surface area contributed by atoms with Crippen LogP contribution in [0, 0.1) is 0 Å². The molecule has 0 fully saturated rings. The zero-order chi connectivity index (χ0) is 38.5. The molecule has 11 aromatic rings. The van der Waals surface area contributed by atoms with Crippen LogP contribution in [-0.4, -0.2) is 0 Å². The number of furan rings is 2. The predicted molar refractivity (Wildman–Crippen MR) is 242 cm³/mol. The smallest absolute Gasteiger partial charge is 0.143 e. The van der Waals surface area contributed by atoms with Crippen molar-refractivity contribution in [1.82, 2.24) is 0 Å². The van der Waals surface area contributed by atoms with Gasteiger partial charge in [0.25, 0.3) is 0 Å². The molecule has 58 heavy (non-hydrogen) atoms. The first-order valence-electron chi connectivity index (χ1n) is 20.0. The maximum Gasteiger partial charge on any atom is 0.143 e. The van der Waals surface area contributed by atoms with Gasteiger partial charge in [0.15, 0.2) is 0 Å². The third kappa shape index (κ3) is 4.80. The van der Waals surface area contributed by atoms with Gasteiger partial charge >= 0.3 is 0 Å². The van der Waals surface area contributed by atoms with E-state index < -0.39 is 0 Å². The van der Waals surface area contributed by atoms with Crippen molar-refractivity contribution in [3.8, 4) is 33.4 Å². The second-order valence-electron chi connectivity index (χ2n) is 16.1. The Hall–Kier alpha value is -7.36. The summed E-state index contributed by atoms with van der Waals surface area (Å²) in [6.07, 6.45) is 0. The molecular formula is C55H37NO2. The van der Waals surface area contributed by atoms with E-state index in [1.54, 1.807) is 0 Å². The molecule has 0 saturated heterocycles. The monoisotopic (exact) mass is 743 g/mol. The Labute approximate surface area is 336 Å². The minimum atomic E-state index is -0.105. The SMILES string of the molecule is CC1(C)c2ccccc2-c2cccc(-c3ccc(N(c4cccc(-c5cccc6oc7c8ccccc8ccc7c56)c4)c4ccc5c(c4)oc4ccccc45)cc3)c21. The van der Waals surface area contributed by atoms with E-state index in [4.69, 9.17) is 8.83 Å². The minimum absolute atomic E-state index is 0.105. The third-order valence-corrected chi connectivity index (χ3v) is 12.4. The molecule has 1 aliphatic rings. The zero-order valence-electron chi connectivity index (χ0n) is 32.2. The molecule has 12 rings (SSSR count). The van der Waals surface area contributed by atoms with Gasteiger partial charge in [-0.3, -0.25) is 0 Å². The van der Waals surface area contributed by atoms with Gasteiger partial charge in [-0.05, 0) is 104 Å². The van der Waals surface area contributed by atoms with Crippen molar-refractivity contribution < 1.29 is 8.83 Å². The first-order chi connectivity index (χ1) is 28.5. The van der Waals surface area contributed by atoms with Crippen LogP contribution in [0.5, 0.6) is 0 Å². The van der Waals surface area contributed by atoms with E-state index in [0.29, 0.717) is 0 Å². The molecule has 2 aromatic heterocycles. The lowest BCUT2D eigenvalue weighted by molar-refractivity contribution is 0.662. The maximum absolute atomic E-state index is 6.60. The van der Waals surface area contributed by atoms with Crippen molar-refractivity contribution in [2.24, 2.45) is 0 Å². The van der Waals surface area contributed by atoms with E-state index >= 15 is 0 Å². The van der Waals surface area contributed by atoms with Crippen molar-refractivity contribution >= 4 is 71.7 Å². The Kier molecular flexibility index (Phi) is 6.98. The Bertz CT molecular complexity index is 3440. The molecule has 0 bridgehead atoms. The van der Waals surface area contributed by atoms with Gasteiger partial charge in [0.1, 0.15) is 22.3 Å². The topological polar surface area (TPSA) is 29.5 Å². The largest absolute Gasteiger partial charge is 0.456 e. The summed E-state index contributed by atoms with van der Waals surface area (Å²) in [5, 5.41) is 6.77. The van der Waals surface area contributed by atoms with E-state index in [0.717, 1.165) is 77.5 Å². The number of hydrogen-bond donors (Lipinski definition) is 0. The van der Waals surface area contributed by atoms with Crippen molar-refractivity contribution in [1.29, 1.82) is 0 Å². The summed E-state index contributed by atoms with van der Waals surface area (Å²) in [5.74, 6) is 0. The van der Waals surface area contributed by atoms with Crippen molar-refractivity contribution in [2.45, 2.75) is 19.3 Å². The average Bonchev–Trinajstić information content (AvgIpc) is 3.92. The average molecular weight is 744 g/mol. The van der Waals surface area contributed by atoms with E-state index in [9.17, 15) is 0 Å². The lowest BCUT2D eigenvalue weighted by Gasteiger charge is -2.27. The van der Waals surface area contributed by atoms with Crippen molar-refractivity contribution in [3.63, 3.8) is 0 Å². The van der Waals surface area contributed by atoms with Crippen LogP contribution in [0.3, 0.4) is 0 Å². The quantitative estimate of drug-likeness (QED) is 0.176. The fraction of sp³-hybridized carbons (Fsp3) is 0.0545. The Morgan fingerprint density at radius 2 is 1.05 bits per heavy atom. The van der Waals surface area contributed by atoms with Gasteiger partial charge in [-0.1, -0.05) is 141 Å². The first-order valence-corrected chi connectivity index (χ1v) is 20.0. The Morgan fingerprint density at radius 1 is 0.397 bits per heavy atom. The van der Waals surface area contributed by atoms with Gasteiger partial charge in [-0.25, -0.2) is 0 Å². The molecule has 2 heterocycles. The summed E-state index contributed by atoms with van der Waals surface area (Å²) in [5.41, 5.74) is 16.7. The summed E-state index contributed by atoms with van der Waals surface area (Å²) >= 11 is 0. The zero-order valence-corrected chi connectivity index (χ0v) is 32.2. The second kappa shape index (κ2) is 12.3. The van der Waals surface area contributed by atoms with E-state index in [2.05, 4.69) is 195 Å². The molecule has 0 unspecified atom stereocenters. The number of para-hydroxylation sites is 1. The van der Waals surface area contributed by atoms with Gasteiger partial charge in [-0.15, -0.1) is 0 Å². The molecule has 0 N–H and O–H groups in total. The van der Waals surface area contributed by atoms with Crippen LogP contribution >= 0.6 is 0 Å². The van der Waals surface area contributed by atoms with Gasteiger partial charge in [0.2, 0.25) is 0 Å². The number of benzene rings is 9. The second-order valence-corrected chi connectivity index (χ2v) is 16.1. The lowest BCUT2D eigenvalue weighted by atomic mass is 9.79. The summed E-state index contributed by atoms with van der Waals surface area (Å²) in [7, 11) is 0. The summed E-state index contributed by atoms with van der Waals surface area (Å²) in [6, 6.07) is 67.6. The van der Waals surface area contributed by atoms with Crippen LogP contribution in [0.25, 0.3) is 88.0 Å². The molecule has 0 atom stereocenters. The van der Waals surface area contributed by atoms with Gasteiger partial charge in [0, 0.05) is 55.5 Å². The normalized spacial score (nSPS) is 13.1. The number of hydrogen-bond acceptors (Lipinski definition) is 3. The Balaban J connectivity index is 1.02. The van der Waals surface area contributed by atoms with E-state index in [1.165, 1.54) is 38.8 Å². The summed E-state index contributed by atoms with van der Waals surface area (Å²) in [6.45, 7) is 4.71. The number of anilines is 3. The highest BCUT2D eigenvalue weighted by Crippen LogP contribution is 2.52. The van der Waals surface area contributed by atoms with Crippen molar-refractivity contribution in [2.75, 3.05) is 4.90 Å². The minimum Gasteiger partial charge on any atom is -0.456 e. The van der Waals surface area contributed by atoms with Gasteiger partial charge < -0.3 is 13.7 Å². The molecule has 0 spiro atoms. The lowest BCUT2D eigenvalue weighted by Crippen LogP contribution is -2.16. The molecule has 3 nitrogen and oxygen atoms in total. The van der Waals surface area contributed by atoms with Crippen LogP contribution in [-0.2, 0) is 5.41 Å². The number of nitrogens with zero attached hydrogens (tertiary/aromatic N) is 1. The van der Waals surface area contributed by atoms with E-state index in [-0.39, 0.29) is 5.41 Å².